The van der Waals surface area contributed by atoms with Gasteiger partial charge in [-0.05, 0) is 59.9 Å². The second-order valence-corrected chi connectivity index (χ2v) is 13.1. The molecule has 1 amide bonds. The second-order valence-electron chi connectivity index (χ2n) is 10.5. The van der Waals surface area contributed by atoms with Gasteiger partial charge in [-0.2, -0.15) is 0 Å². The van der Waals surface area contributed by atoms with Gasteiger partial charge in [0.05, 0.1) is 12.3 Å². The van der Waals surface area contributed by atoms with Crippen molar-refractivity contribution in [3.05, 3.63) is 99.0 Å². The van der Waals surface area contributed by atoms with Crippen molar-refractivity contribution in [1.82, 2.24) is 9.62 Å². The molecular formula is C30H30Cl2N2O6S. The minimum atomic E-state index is -3.60. The first-order chi connectivity index (χ1) is 19.5. The smallest absolute Gasteiger partial charge is 0.313 e. The van der Waals surface area contributed by atoms with Crippen LogP contribution in [-0.4, -0.2) is 48.6 Å². The lowest BCUT2D eigenvalue weighted by Crippen LogP contribution is -2.58. The third-order valence-electron chi connectivity index (χ3n) is 7.69. The number of carboxylic acid groups (broad SMARTS) is 1. The number of sulfonamides is 1. The molecule has 41 heavy (non-hydrogen) atoms. The van der Waals surface area contributed by atoms with Crippen LogP contribution in [0.15, 0.2) is 66.7 Å². The van der Waals surface area contributed by atoms with Crippen LogP contribution < -0.4 is 9.46 Å². The lowest BCUT2D eigenvalue weighted by Gasteiger charge is -2.48. The van der Waals surface area contributed by atoms with Crippen LogP contribution >= 0.6 is 23.2 Å². The van der Waals surface area contributed by atoms with E-state index in [1.165, 1.54) is 11.0 Å². The van der Waals surface area contributed by atoms with Gasteiger partial charge in [0, 0.05) is 27.7 Å². The van der Waals surface area contributed by atoms with Gasteiger partial charge in [-0.1, -0.05) is 72.4 Å². The predicted octanol–water partition coefficient (Wildman–Crippen LogP) is 5.80. The Balaban J connectivity index is 1.63. The molecular weight excluding hydrogens is 587 g/mol. The monoisotopic (exact) mass is 616 g/mol. The Labute approximate surface area is 249 Å². The summed E-state index contributed by atoms with van der Waals surface area (Å²) >= 11 is 12.8. The molecule has 2 N–H and O–H groups in total. The van der Waals surface area contributed by atoms with Crippen molar-refractivity contribution in [3.63, 3.8) is 0 Å². The van der Waals surface area contributed by atoms with Gasteiger partial charge in [0.2, 0.25) is 10.0 Å². The molecule has 0 aromatic heterocycles. The van der Waals surface area contributed by atoms with Crippen molar-refractivity contribution < 1.29 is 27.9 Å². The van der Waals surface area contributed by atoms with E-state index in [0.29, 0.717) is 34.7 Å². The highest BCUT2D eigenvalue weighted by molar-refractivity contribution is 7.88. The number of aliphatic carboxylic acids is 1. The van der Waals surface area contributed by atoms with Gasteiger partial charge >= 0.3 is 5.97 Å². The highest BCUT2D eigenvalue weighted by atomic mass is 35.5. The minimum absolute atomic E-state index is 0.218. The number of hydrogen-bond donors (Lipinski definition) is 2. The first-order valence-corrected chi connectivity index (χ1v) is 16.0. The van der Waals surface area contributed by atoms with Gasteiger partial charge in [-0.3, -0.25) is 9.59 Å². The highest BCUT2D eigenvalue weighted by Crippen LogP contribution is 2.48. The third kappa shape index (κ3) is 6.38. The zero-order valence-electron chi connectivity index (χ0n) is 22.3. The molecule has 1 aliphatic heterocycles. The van der Waals surface area contributed by atoms with Crippen LogP contribution in [-0.2, 0) is 21.4 Å². The Hall–Kier alpha value is -3.11. The van der Waals surface area contributed by atoms with E-state index in [9.17, 15) is 23.1 Å². The molecule has 0 saturated heterocycles. The van der Waals surface area contributed by atoms with Crippen LogP contribution in [0.5, 0.6) is 5.75 Å². The number of hydrogen-bond acceptors (Lipinski definition) is 5. The topological polar surface area (TPSA) is 113 Å². The van der Waals surface area contributed by atoms with Crippen molar-refractivity contribution >= 4 is 45.1 Å². The van der Waals surface area contributed by atoms with E-state index >= 15 is 0 Å². The maximum atomic E-state index is 14.3. The predicted molar refractivity (Wildman–Crippen MR) is 157 cm³/mol. The number of fused-ring (bicyclic) bond motifs is 1. The number of nitrogens with zero attached hydrogens (tertiary/aromatic N) is 1. The van der Waals surface area contributed by atoms with Crippen molar-refractivity contribution in [2.45, 2.75) is 56.3 Å². The first-order valence-electron chi connectivity index (χ1n) is 13.3. The summed E-state index contributed by atoms with van der Waals surface area (Å²) in [6, 6.07) is 16.9. The number of rotatable bonds is 8. The van der Waals surface area contributed by atoms with Gasteiger partial charge in [0.1, 0.15) is 18.3 Å². The lowest BCUT2D eigenvalue weighted by atomic mass is 9.77. The molecule has 216 valence electrons. The Morgan fingerprint density at radius 3 is 2.44 bits per heavy atom. The fourth-order valence-electron chi connectivity index (χ4n) is 5.97. The van der Waals surface area contributed by atoms with Gasteiger partial charge in [-0.25, -0.2) is 13.1 Å². The Morgan fingerprint density at radius 2 is 1.76 bits per heavy atom. The minimum Gasteiger partial charge on any atom is -0.489 e. The van der Waals surface area contributed by atoms with Crippen LogP contribution in [0.1, 0.15) is 64.7 Å². The average molecular weight is 618 g/mol. The van der Waals surface area contributed by atoms with Crippen molar-refractivity contribution in [3.8, 4) is 5.75 Å². The largest absolute Gasteiger partial charge is 0.489 e. The summed E-state index contributed by atoms with van der Waals surface area (Å²) in [6.45, 7) is 0.269. The number of benzene rings is 3. The highest BCUT2D eigenvalue weighted by Gasteiger charge is 2.49. The molecule has 11 heteroatoms. The maximum absolute atomic E-state index is 14.3. The number of halogens is 2. The normalized spacial score (nSPS) is 22.7. The average Bonchev–Trinajstić information content (AvgIpc) is 2.92. The molecule has 3 aromatic carbocycles. The van der Waals surface area contributed by atoms with Crippen molar-refractivity contribution in [2.24, 2.45) is 0 Å². The van der Waals surface area contributed by atoms with Crippen LogP contribution in [0.2, 0.25) is 10.0 Å². The summed E-state index contributed by atoms with van der Waals surface area (Å²) < 4.78 is 33.2. The third-order valence-corrected chi connectivity index (χ3v) is 8.98. The van der Waals surface area contributed by atoms with Crippen LogP contribution in [0.4, 0.5) is 0 Å². The lowest BCUT2D eigenvalue weighted by molar-refractivity contribution is -0.141. The molecule has 1 aliphatic carbocycles. The van der Waals surface area contributed by atoms with E-state index < -0.39 is 45.9 Å². The molecule has 0 spiro atoms. The zero-order valence-corrected chi connectivity index (χ0v) is 24.6. The number of carbonyl (C=O) groups is 2. The van der Waals surface area contributed by atoms with E-state index in [2.05, 4.69) is 4.72 Å². The molecule has 0 bridgehead atoms. The second kappa shape index (κ2) is 12.0. The zero-order chi connectivity index (χ0) is 29.3. The molecule has 1 fully saturated rings. The number of nitrogens with one attached hydrogen (secondary N) is 1. The van der Waals surface area contributed by atoms with E-state index in [4.69, 9.17) is 27.9 Å². The molecule has 1 saturated carbocycles. The van der Waals surface area contributed by atoms with E-state index in [0.717, 1.165) is 24.7 Å². The summed E-state index contributed by atoms with van der Waals surface area (Å²) in [4.78, 5) is 28.9. The summed E-state index contributed by atoms with van der Waals surface area (Å²) in [6.07, 6.45) is 3.63. The van der Waals surface area contributed by atoms with E-state index in [1.54, 1.807) is 30.3 Å². The molecule has 0 unspecified atom stereocenters. The van der Waals surface area contributed by atoms with Crippen LogP contribution in [0.25, 0.3) is 0 Å². The summed E-state index contributed by atoms with van der Waals surface area (Å²) in [5.74, 6) is -2.32. The molecule has 2 aliphatic rings. The molecule has 5 rings (SSSR count). The van der Waals surface area contributed by atoms with Crippen LogP contribution in [0, 0.1) is 0 Å². The number of amides is 1. The first kappa shape index (κ1) is 29.4. The van der Waals surface area contributed by atoms with Crippen molar-refractivity contribution in [2.75, 3.05) is 6.26 Å². The fraction of sp³-hybridized carbons (Fsp3) is 0.333. The molecule has 3 aromatic rings. The molecule has 1 heterocycles. The van der Waals surface area contributed by atoms with Gasteiger partial charge in [0.15, 0.2) is 0 Å². The number of carboxylic acids is 1. The van der Waals surface area contributed by atoms with Gasteiger partial charge in [-0.15, -0.1) is 0 Å². The maximum Gasteiger partial charge on any atom is 0.313 e. The number of ether oxygens (including phenoxy) is 1. The Bertz CT molecular complexity index is 1570. The molecule has 4 atom stereocenters. The Kier molecular flexibility index (Phi) is 8.61. The Morgan fingerprint density at radius 1 is 1.02 bits per heavy atom. The summed E-state index contributed by atoms with van der Waals surface area (Å²) in [5, 5.41) is 11.2. The fourth-order valence-corrected chi connectivity index (χ4v) is 7.32. The van der Waals surface area contributed by atoms with Crippen molar-refractivity contribution in [1.29, 1.82) is 0 Å². The van der Waals surface area contributed by atoms with Gasteiger partial charge in [0.25, 0.3) is 5.91 Å². The van der Waals surface area contributed by atoms with E-state index in [1.807, 2.05) is 30.3 Å². The summed E-state index contributed by atoms with van der Waals surface area (Å²) in [7, 11) is -3.60. The quantitative estimate of drug-likeness (QED) is 0.331. The molecule has 8 nitrogen and oxygen atoms in total. The van der Waals surface area contributed by atoms with Crippen LogP contribution in [0.3, 0.4) is 0 Å². The summed E-state index contributed by atoms with van der Waals surface area (Å²) in [5.41, 5.74) is 1.90. The SMILES string of the molecule is CS(=O)(=O)N[C@H]1CCCC[C@@H]1N1C(=O)c2ccc(OCc3ccccc3)cc2[C@@H](C(=O)O)[C@@H]1c1ccc(Cl)cc1Cl. The van der Waals surface area contributed by atoms with Gasteiger partial charge < -0.3 is 14.7 Å². The number of carbonyl (C=O) groups excluding carboxylic acids is 1. The standard InChI is InChI=1S/C30H30Cl2N2O6S/c1-41(38,39)33-25-9-5-6-10-26(25)34-28(22-13-11-19(31)15-24(22)32)27(30(36)37)23-16-20(12-14-21(23)29(34)35)40-17-18-7-3-2-4-8-18/h2-4,7-8,11-16,25-28,33H,5-6,9-10,17H2,1H3,(H,36,37)/t25-,26-,27+,28-/m0/s1. The molecule has 0 radical (unpaired) electrons. The van der Waals surface area contributed by atoms with E-state index in [-0.39, 0.29) is 17.2 Å².